The molecular weight excluding hydrogens is 321 g/mol. The Bertz CT molecular complexity index is 763. The number of rotatable bonds is 3. The molecule has 0 aliphatic heterocycles. The predicted octanol–water partition coefficient (Wildman–Crippen LogP) is 3.08. The van der Waals surface area contributed by atoms with Crippen molar-refractivity contribution in [3.05, 3.63) is 46.1 Å². The van der Waals surface area contributed by atoms with E-state index in [9.17, 15) is 8.42 Å². The molecule has 106 valence electrons. The summed E-state index contributed by atoms with van der Waals surface area (Å²) in [5.41, 5.74) is 6.48. The number of halogens is 2. The maximum atomic E-state index is 12.2. The van der Waals surface area contributed by atoms with E-state index in [0.717, 1.165) is 6.20 Å². The fourth-order valence-electron chi connectivity index (χ4n) is 1.50. The van der Waals surface area contributed by atoms with Crippen LogP contribution >= 0.6 is 23.2 Å². The molecule has 0 amide bonds. The number of nitrogens with zero attached hydrogens (tertiary/aromatic N) is 1. The Hall–Kier alpha value is -1.50. The summed E-state index contributed by atoms with van der Waals surface area (Å²) in [7, 11) is -3.80. The maximum absolute atomic E-state index is 12.2. The van der Waals surface area contributed by atoms with Crippen molar-refractivity contribution in [3.63, 3.8) is 0 Å². The van der Waals surface area contributed by atoms with Crippen LogP contribution in [-0.2, 0) is 10.0 Å². The smallest absolute Gasteiger partial charge is 0.263 e. The SMILES string of the molecule is Cc1c(Cl)cccc1NS(=O)(=O)c1cnc(N)c(Cl)c1. The second-order valence-electron chi connectivity index (χ2n) is 4.06. The molecule has 8 heteroatoms. The van der Waals surface area contributed by atoms with Crippen LogP contribution in [0.3, 0.4) is 0 Å². The first-order valence-corrected chi connectivity index (χ1v) is 7.74. The van der Waals surface area contributed by atoms with Crippen LogP contribution in [-0.4, -0.2) is 13.4 Å². The summed E-state index contributed by atoms with van der Waals surface area (Å²) < 4.78 is 26.9. The monoisotopic (exact) mass is 331 g/mol. The van der Waals surface area contributed by atoms with Gasteiger partial charge in [0.2, 0.25) is 0 Å². The average molecular weight is 332 g/mol. The minimum absolute atomic E-state index is 0.0731. The highest BCUT2D eigenvalue weighted by molar-refractivity contribution is 7.92. The van der Waals surface area contributed by atoms with Crippen LogP contribution in [0.2, 0.25) is 10.0 Å². The molecule has 0 aliphatic carbocycles. The molecule has 0 aliphatic rings. The number of pyridine rings is 1. The van der Waals surface area contributed by atoms with Gasteiger partial charge >= 0.3 is 0 Å². The van der Waals surface area contributed by atoms with E-state index in [-0.39, 0.29) is 15.7 Å². The topological polar surface area (TPSA) is 85.1 Å². The van der Waals surface area contributed by atoms with Crippen molar-refractivity contribution < 1.29 is 8.42 Å². The number of anilines is 2. The van der Waals surface area contributed by atoms with Crippen LogP contribution in [0.1, 0.15) is 5.56 Å². The molecule has 0 unspecified atom stereocenters. The third-order valence-electron chi connectivity index (χ3n) is 2.67. The molecule has 1 aromatic heterocycles. The van der Waals surface area contributed by atoms with E-state index in [2.05, 4.69) is 9.71 Å². The van der Waals surface area contributed by atoms with Gasteiger partial charge < -0.3 is 5.73 Å². The molecule has 2 aromatic rings. The van der Waals surface area contributed by atoms with Crippen LogP contribution in [0.15, 0.2) is 35.4 Å². The van der Waals surface area contributed by atoms with Crippen LogP contribution in [0.25, 0.3) is 0 Å². The first kappa shape index (κ1) is 14.9. The van der Waals surface area contributed by atoms with Crippen LogP contribution in [0.4, 0.5) is 11.5 Å². The lowest BCUT2D eigenvalue weighted by molar-refractivity contribution is 0.601. The quantitative estimate of drug-likeness (QED) is 0.904. The summed E-state index contributed by atoms with van der Waals surface area (Å²) in [5, 5.41) is 0.550. The van der Waals surface area contributed by atoms with Gasteiger partial charge in [-0.25, -0.2) is 13.4 Å². The molecule has 1 heterocycles. The van der Waals surface area contributed by atoms with Gasteiger partial charge in [-0.2, -0.15) is 0 Å². The van der Waals surface area contributed by atoms with Crippen molar-refractivity contribution in [2.75, 3.05) is 10.5 Å². The third-order valence-corrected chi connectivity index (χ3v) is 4.71. The molecule has 0 spiro atoms. The summed E-state index contributed by atoms with van der Waals surface area (Å²) >= 11 is 11.7. The second-order valence-corrected chi connectivity index (χ2v) is 6.55. The standard InChI is InChI=1S/C12H11Cl2N3O2S/c1-7-9(13)3-2-4-11(7)17-20(18,19)8-5-10(14)12(15)16-6-8/h2-6,17H,1H3,(H2,15,16). The van der Waals surface area contributed by atoms with E-state index in [4.69, 9.17) is 28.9 Å². The third kappa shape index (κ3) is 2.98. The molecule has 0 saturated heterocycles. The first-order valence-electron chi connectivity index (χ1n) is 5.50. The molecule has 0 fully saturated rings. The fraction of sp³-hybridized carbons (Fsp3) is 0.0833. The number of hydrogen-bond acceptors (Lipinski definition) is 4. The Balaban J connectivity index is 2.41. The number of nitrogen functional groups attached to an aromatic ring is 1. The zero-order valence-electron chi connectivity index (χ0n) is 10.4. The molecule has 0 atom stereocenters. The Labute approximate surface area is 126 Å². The van der Waals surface area contributed by atoms with Gasteiger partial charge in [-0.05, 0) is 30.7 Å². The van der Waals surface area contributed by atoms with E-state index in [0.29, 0.717) is 16.3 Å². The Kier molecular flexibility index (Phi) is 4.08. The van der Waals surface area contributed by atoms with Gasteiger partial charge in [0.05, 0.1) is 10.7 Å². The molecule has 2 rings (SSSR count). The van der Waals surface area contributed by atoms with Crippen molar-refractivity contribution >= 4 is 44.7 Å². The minimum Gasteiger partial charge on any atom is -0.382 e. The Morgan fingerprint density at radius 3 is 2.60 bits per heavy atom. The van der Waals surface area contributed by atoms with Gasteiger partial charge in [0.15, 0.2) is 0 Å². The molecule has 0 bridgehead atoms. The molecule has 1 aromatic carbocycles. The highest BCUT2D eigenvalue weighted by Gasteiger charge is 2.17. The summed E-state index contributed by atoms with van der Waals surface area (Å²) in [6, 6.07) is 6.19. The number of nitrogens with two attached hydrogens (primary N) is 1. The highest BCUT2D eigenvalue weighted by Crippen LogP contribution is 2.26. The molecule has 0 saturated carbocycles. The van der Waals surface area contributed by atoms with E-state index in [1.54, 1.807) is 25.1 Å². The number of hydrogen-bond donors (Lipinski definition) is 2. The molecule has 20 heavy (non-hydrogen) atoms. The maximum Gasteiger partial charge on any atom is 0.263 e. The van der Waals surface area contributed by atoms with Crippen molar-refractivity contribution in [3.8, 4) is 0 Å². The fourth-order valence-corrected chi connectivity index (χ4v) is 3.00. The van der Waals surface area contributed by atoms with E-state index in [1.165, 1.54) is 6.07 Å². The molecular formula is C12H11Cl2N3O2S. The van der Waals surface area contributed by atoms with Crippen molar-refractivity contribution in [2.45, 2.75) is 11.8 Å². The van der Waals surface area contributed by atoms with E-state index in [1.807, 2.05) is 0 Å². The number of nitrogens with one attached hydrogen (secondary N) is 1. The predicted molar refractivity (Wildman–Crippen MR) is 80.7 cm³/mol. The van der Waals surface area contributed by atoms with Crippen LogP contribution in [0.5, 0.6) is 0 Å². The summed E-state index contributed by atoms with van der Waals surface area (Å²) in [6.45, 7) is 1.72. The number of benzene rings is 1. The summed E-state index contributed by atoms with van der Waals surface area (Å²) in [4.78, 5) is 3.65. The van der Waals surface area contributed by atoms with Gasteiger partial charge in [-0.1, -0.05) is 29.3 Å². The Morgan fingerprint density at radius 2 is 1.95 bits per heavy atom. The Morgan fingerprint density at radius 1 is 1.25 bits per heavy atom. The van der Waals surface area contributed by atoms with Crippen molar-refractivity contribution in [1.29, 1.82) is 0 Å². The summed E-state index contributed by atoms with van der Waals surface area (Å²) in [6.07, 6.45) is 1.14. The average Bonchev–Trinajstić information content (AvgIpc) is 2.38. The highest BCUT2D eigenvalue weighted by atomic mass is 35.5. The zero-order valence-corrected chi connectivity index (χ0v) is 12.7. The zero-order chi connectivity index (χ0) is 14.9. The van der Waals surface area contributed by atoms with Gasteiger partial charge in [-0.15, -0.1) is 0 Å². The van der Waals surface area contributed by atoms with E-state index < -0.39 is 10.0 Å². The van der Waals surface area contributed by atoms with Crippen LogP contribution < -0.4 is 10.5 Å². The number of sulfonamides is 1. The molecule has 3 N–H and O–H groups in total. The molecule has 0 radical (unpaired) electrons. The van der Waals surface area contributed by atoms with Crippen LogP contribution in [0, 0.1) is 6.92 Å². The van der Waals surface area contributed by atoms with Gasteiger partial charge in [0.25, 0.3) is 10.0 Å². The minimum atomic E-state index is -3.80. The lowest BCUT2D eigenvalue weighted by Gasteiger charge is -2.11. The van der Waals surface area contributed by atoms with E-state index >= 15 is 0 Å². The second kappa shape index (κ2) is 5.47. The van der Waals surface area contributed by atoms with Crippen molar-refractivity contribution in [1.82, 2.24) is 4.98 Å². The first-order chi connectivity index (χ1) is 9.31. The molecule has 5 nitrogen and oxygen atoms in total. The largest absolute Gasteiger partial charge is 0.382 e. The van der Waals surface area contributed by atoms with Crippen molar-refractivity contribution in [2.24, 2.45) is 0 Å². The summed E-state index contributed by atoms with van der Waals surface area (Å²) in [5.74, 6) is 0.0737. The number of aromatic nitrogens is 1. The normalized spacial score (nSPS) is 11.3. The van der Waals surface area contributed by atoms with Gasteiger partial charge in [0, 0.05) is 11.2 Å². The van der Waals surface area contributed by atoms with Gasteiger partial charge in [-0.3, -0.25) is 4.72 Å². The van der Waals surface area contributed by atoms with Gasteiger partial charge in [0.1, 0.15) is 10.7 Å². The lowest BCUT2D eigenvalue weighted by Crippen LogP contribution is -2.14. The lowest BCUT2D eigenvalue weighted by atomic mass is 10.2.